The SMILES string of the molecule is CC.CC.CCC.COc1ccccc1.COc1ccccc1. The van der Waals surface area contributed by atoms with Gasteiger partial charge in [0.25, 0.3) is 0 Å². The smallest absolute Gasteiger partial charge is 0.118 e. The van der Waals surface area contributed by atoms with Crippen molar-refractivity contribution in [1.29, 1.82) is 0 Å². The predicted octanol–water partition coefficient (Wildman–Crippen LogP) is 6.86. The maximum absolute atomic E-state index is 4.91. The van der Waals surface area contributed by atoms with Gasteiger partial charge in [-0.3, -0.25) is 0 Å². The summed E-state index contributed by atoms with van der Waals surface area (Å²) in [6, 6.07) is 19.4. The van der Waals surface area contributed by atoms with Crippen LogP contribution in [0.4, 0.5) is 0 Å². The number of methoxy groups -OCH3 is 2. The summed E-state index contributed by atoms with van der Waals surface area (Å²) in [7, 11) is 3.32. The van der Waals surface area contributed by atoms with Gasteiger partial charge in [-0.2, -0.15) is 0 Å². The van der Waals surface area contributed by atoms with Crippen molar-refractivity contribution in [3.05, 3.63) is 60.7 Å². The Labute approximate surface area is 144 Å². The van der Waals surface area contributed by atoms with Gasteiger partial charge in [0, 0.05) is 0 Å². The van der Waals surface area contributed by atoms with Crippen molar-refractivity contribution in [2.75, 3.05) is 14.2 Å². The van der Waals surface area contributed by atoms with E-state index in [1.165, 1.54) is 6.42 Å². The molecule has 0 saturated carbocycles. The number of benzene rings is 2. The average molecular weight is 321 g/mol. The average Bonchev–Trinajstić information content (AvgIpc) is 2.67. The Bertz CT molecular complexity index is 346. The molecule has 0 atom stereocenters. The van der Waals surface area contributed by atoms with E-state index >= 15 is 0 Å². The third kappa shape index (κ3) is 20.0. The fraction of sp³-hybridized carbons (Fsp3) is 0.429. The van der Waals surface area contributed by atoms with Gasteiger partial charge in [0.15, 0.2) is 0 Å². The lowest BCUT2D eigenvalue weighted by Gasteiger charge is -1.93. The van der Waals surface area contributed by atoms with Crippen molar-refractivity contribution < 1.29 is 9.47 Å². The fourth-order valence-electron chi connectivity index (χ4n) is 1.11. The number of hydrogen-bond acceptors (Lipinski definition) is 2. The van der Waals surface area contributed by atoms with Crippen molar-refractivity contribution in [2.45, 2.75) is 48.0 Å². The molecule has 2 heteroatoms. The van der Waals surface area contributed by atoms with Crippen LogP contribution in [-0.4, -0.2) is 14.2 Å². The van der Waals surface area contributed by atoms with Gasteiger partial charge < -0.3 is 9.47 Å². The van der Waals surface area contributed by atoms with Crippen LogP contribution in [0.5, 0.6) is 11.5 Å². The minimum Gasteiger partial charge on any atom is -0.497 e. The zero-order valence-corrected chi connectivity index (χ0v) is 16.3. The van der Waals surface area contributed by atoms with Crippen molar-refractivity contribution in [3.63, 3.8) is 0 Å². The Hall–Kier alpha value is -1.96. The molecule has 0 heterocycles. The lowest BCUT2D eigenvalue weighted by molar-refractivity contribution is 0.414. The summed E-state index contributed by atoms with van der Waals surface area (Å²) in [6.45, 7) is 12.2. The summed E-state index contributed by atoms with van der Waals surface area (Å²) in [4.78, 5) is 0. The molecule has 0 saturated heterocycles. The second kappa shape index (κ2) is 25.0. The van der Waals surface area contributed by atoms with Gasteiger partial charge in [-0.05, 0) is 24.3 Å². The summed E-state index contributed by atoms with van der Waals surface area (Å²) in [6.07, 6.45) is 1.25. The highest BCUT2D eigenvalue weighted by atomic mass is 16.5. The van der Waals surface area contributed by atoms with Gasteiger partial charge in [-0.15, -0.1) is 0 Å². The molecule has 0 fully saturated rings. The predicted molar refractivity (Wildman–Crippen MR) is 105 cm³/mol. The van der Waals surface area contributed by atoms with Crippen LogP contribution >= 0.6 is 0 Å². The van der Waals surface area contributed by atoms with Crippen LogP contribution in [0.2, 0.25) is 0 Å². The van der Waals surface area contributed by atoms with Crippen molar-refractivity contribution in [1.82, 2.24) is 0 Å². The molecule has 0 aliphatic rings. The summed E-state index contributed by atoms with van der Waals surface area (Å²) >= 11 is 0. The lowest BCUT2D eigenvalue weighted by atomic mass is 10.3. The Morgan fingerprint density at radius 3 is 0.913 bits per heavy atom. The van der Waals surface area contributed by atoms with Crippen LogP contribution in [-0.2, 0) is 0 Å². The number of rotatable bonds is 2. The first-order valence-electron chi connectivity index (χ1n) is 8.46. The van der Waals surface area contributed by atoms with Crippen molar-refractivity contribution in [3.8, 4) is 11.5 Å². The maximum atomic E-state index is 4.91. The Balaban J connectivity index is -0.000000252. The van der Waals surface area contributed by atoms with Gasteiger partial charge in [-0.25, -0.2) is 0 Å². The van der Waals surface area contributed by atoms with E-state index in [9.17, 15) is 0 Å². The van der Waals surface area contributed by atoms with Crippen molar-refractivity contribution in [2.24, 2.45) is 0 Å². The fourth-order valence-corrected chi connectivity index (χ4v) is 1.11. The third-order valence-corrected chi connectivity index (χ3v) is 1.96. The Kier molecular flexibility index (Phi) is 28.2. The second-order valence-corrected chi connectivity index (χ2v) is 3.74. The quantitative estimate of drug-likeness (QED) is 0.601. The Morgan fingerprint density at radius 2 is 0.783 bits per heavy atom. The van der Waals surface area contributed by atoms with E-state index in [1.54, 1.807) is 14.2 Å². The Morgan fingerprint density at radius 1 is 0.565 bits per heavy atom. The first-order chi connectivity index (χ1) is 11.3. The molecule has 0 unspecified atom stereocenters. The molecule has 2 aromatic carbocycles. The summed E-state index contributed by atoms with van der Waals surface area (Å²) in [5.41, 5.74) is 0. The standard InChI is InChI=1S/2C7H8O.C3H8.2C2H6/c2*1-8-7-5-3-2-4-6-7;1-3-2;2*1-2/h2*2-6H,1H3;3H2,1-2H3;2*1-2H3. The zero-order valence-electron chi connectivity index (χ0n) is 16.3. The highest BCUT2D eigenvalue weighted by molar-refractivity contribution is 5.21. The van der Waals surface area contributed by atoms with E-state index in [0.29, 0.717) is 0 Å². The van der Waals surface area contributed by atoms with Gasteiger partial charge >= 0.3 is 0 Å². The van der Waals surface area contributed by atoms with E-state index in [0.717, 1.165) is 11.5 Å². The number of para-hydroxylation sites is 2. The molecule has 0 radical (unpaired) electrons. The number of hydrogen-bond donors (Lipinski definition) is 0. The second-order valence-electron chi connectivity index (χ2n) is 3.74. The first kappa shape index (κ1) is 26.0. The van der Waals surface area contributed by atoms with E-state index in [2.05, 4.69) is 13.8 Å². The highest BCUT2D eigenvalue weighted by Gasteiger charge is 1.80. The molecule has 0 amide bonds. The third-order valence-electron chi connectivity index (χ3n) is 1.96. The molecular weight excluding hydrogens is 284 g/mol. The molecule has 0 aromatic heterocycles. The molecular formula is C21H36O2. The van der Waals surface area contributed by atoms with Gasteiger partial charge in [0.05, 0.1) is 14.2 Å². The van der Waals surface area contributed by atoms with E-state index < -0.39 is 0 Å². The summed E-state index contributed by atoms with van der Waals surface area (Å²) in [5.74, 6) is 1.82. The van der Waals surface area contributed by atoms with Crippen LogP contribution in [0, 0.1) is 0 Å². The van der Waals surface area contributed by atoms with Gasteiger partial charge in [0.2, 0.25) is 0 Å². The van der Waals surface area contributed by atoms with E-state index in [-0.39, 0.29) is 0 Å². The molecule has 2 nitrogen and oxygen atoms in total. The monoisotopic (exact) mass is 320 g/mol. The van der Waals surface area contributed by atoms with Crippen LogP contribution in [0.3, 0.4) is 0 Å². The summed E-state index contributed by atoms with van der Waals surface area (Å²) < 4.78 is 9.83. The molecule has 2 rings (SSSR count). The molecule has 23 heavy (non-hydrogen) atoms. The topological polar surface area (TPSA) is 18.5 Å². The van der Waals surface area contributed by atoms with Crippen LogP contribution in [0.1, 0.15) is 48.0 Å². The van der Waals surface area contributed by atoms with Crippen LogP contribution in [0.15, 0.2) is 60.7 Å². The zero-order chi connectivity index (χ0) is 18.3. The normalized spacial score (nSPS) is 7.30. The summed E-state index contributed by atoms with van der Waals surface area (Å²) in [5, 5.41) is 0. The van der Waals surface area contributed by atoms with Crippen LogP contribution < -0.4 is 9.47 Å². The lowest BCUT2D eigenvalue weighted by Crippen LogP contribution is -1.78. The molecule has 0 aliphatic heterocycles. The van der Waals surface area contributed by atoms with E-state index in [1.807, 2.05) is 88.4 Å². The van der Waals surface area contributed by atoms with E-state index in [4.69, 9.17) is 9.47 Å². The molecule has 0 bridgehead atoms. The number of ether oxygens (including phenoxy) is 2. The maximum Gasteiger partial charge on any atom is 0.118 e. The van der Waals surface area contributed by atoms with Gasteiger partial charge in [0.1, 0.15) is 11.5 Å². The highest BCUT2D eigenvalue weighted by Crippen LogP contribution is 2.06. The molecule has 132 valence electrons. The van der Waals surface area contributed by atoms with Crippen molar-refractivity contribution >= 4 is 0 Å². The van der Waals surface area contributed by atoms with Crippen LogP contribution in [0.25, 0.3) is 0 Å². The molecule has 0 spiro atoms. The minimum absolute atomic E-state index is 0.910. The van der Waals surface area contributed by atoms with Gasteiger partial charge in [-0.1, -0.05) is 84.4 Å². The first-order valence-corrected chi connectivity index (χ1v) is 8.46. The molecule has 0 aliphatic carbocycles. The largest absolute Gasteiger partial charge is 0.497 e. The minimum atomic E-state index is 0.910. The molecule has 2 aromatic rings. The molecule has 0 N–H and O–H groups in total.